The Balaban J connectivity index is 2.85. The molecule has 0 aliphatic heterocycles. The maximum atomic E-state index is 12.9. The molecule has 0 atom stereocenters. The van der Waals surface area contributed by atoms with Gasteiger partial charge in [-0.2, -0.15) is 0 Å². The second kappa shape index (κ2) is 2.83. The van der Waals surface area contributed by atoms with E-state index in [1.807, 2.05) is 0 Å². The largest absolute Gasteiger partial charge is 0.506 e. The van der Waals surface area contributed by atoms with Crippen LogP contribution in [-0.2, 0) is 0 Å². The molecule has 1 aromatic heterocycles. The van der Waals surface area contributed by atoms with E-state index < -0.39 is 5.82 Å². The topological polar surface area (TPSA) is 42.2 Å². The summed E-state index contributed by atoms with van der Waals surface area (Å²) in [7, 11) is 0. The van der Waals surface area contributed by atoms with E-state index in [1.165, 1.54) is 35.9 Å². The van der Waals surface area contributed by atoms with E-state index >= 15 is 0 Å². The van der Waals surface area contributed by atoms with E-state index in [2.05, 4.69) is 0 Å². The van der Waals surface area contributed by atoms with Crippen molar-refractivity contribution in [3.05, 3.63) is 30.2 Å². The van der Waals surface area contributed by atoms with Gasteiger partial charge in [-0.25, -0.2) is 4.39 Å². The lowest BCUT2D eigenvalue weighted by atomic mass is 10.2. The molecule has 0 bridgehead atoms. The van der Waals surface area contributed by atoms with Gasteiger partial charge < -0.3 is 5.11 Å². The van der Waals surface area contributed by atoms with Gasteiger partial charge in [-0.3, -0.25) is 9.36 Å². The summed E-state index contributed by atoms with van der Waals surface area (Å²) < 4.78 is 14.1. The van der Waals surface area contributed by atoms with Gasteiger partial charge in [0.1, 0.15) is 11.6 Å². The molecule has 2 rings (SSSR count). The van der Waals surface area contributed by atoms with Gasteiger partial charge in [0, 0.05) is 12.3 Å². The number of halogens is 1. The second-order valence-electron chi connectivity index (χ2n) is 3.06. The van der Waals surface area contributed by atoms with Gasteiger partial charge in [0.25, 0.3) is 0 Å². The Hall–Kier alpha value is -1.84. The number of aromatic hydroxyl groups is 1. The maximum Gasteiger partial charge on any atom is 0.228 e. The molecule has 0 saturated heterocycles. The zero-order chi connectivity index (χ0) is 10.3. The number of aromatic nitrogens is 1. The smallest absolute Gasteiger partial charge is 0.228 e. The standard InChI is InChI=1S/C10H8FNO2/c1-6(13)12-5-10(14)8-3-2-7(11)4-9(8)12/h2-5,14H,1H3. The Kier molecular flexibility index (Phi) is 1.77. The van der Waals surface area contributed by atoms with Crippen molar-refractivity contribution in [3.8, 4) is 5.75 Å². The van der Waals surface area contributed by atoms with E-state index in [0.29, 0.717) is 10.9 Å². The number of fused-ring (bicyclic) bond motifs is 1. The third-order valence-electron chi connectivity index (χ3n) is 2.09. The summed E-state index contributed by atoms with van der Waals surface area (Å²) in [5, 5.41) is 9.91. The molecule has 0 unspecified atom stereocenters. The molecule has 14 heavy (non-hydrogen) atoms. The lowest BCUT2D eigenvalue weighted by Crippen LogP contribution is -2.02. The van der Waals surface area contributed by atoms with Crippen LogP contribution in [0.25, 0.3) is 10.9 Å². The summed E-state index contributed by atoms with van der Waals surface area (Å²) in [4.78, 5) is 11.1. The van der Waals surface area contributed by atoms with Crippen molar-refractivity contribution < 1.29 is 14.3 Å². The summed E-state index contributed by atoms with van der Waals surface area (Å²) in [6.45, 7) is 1.35. The van der Waals surface area contributed by atoms with Gasteiger partial charge in [0.2, 0.25) is 5.91 Å². The monoisotopic (exact) mass is 193 g/mol. The van der Waals surface area contributed by atoms with Gasteiger partial charge in [-0.05, 0) is 18.2 Å². The molecule has 0 spiro atoms. The summed E-state index contributed by atoms with van der Waals surface area (Å²) in [5.41, 5.74) is 0.384. The Morgan fingerprint density at radius 3 is 2.86 bits per heavy atom. The van der Waals surface area contributed by atoms with Crippen molar-refractivity contribution in [3.63, 3.8) is 0 Å². The fourth-order valence-corrected chi connectivity index (χ4v) is 1.44. The molecule has 0 saturated carbocycles. The van der Waals surface area contributed by atoms with Crippen LogP contribution < -0.4 is 0 Å². The van der Waals surface area contributed by atoms with Crippen LogP contribution in [0.4, 0.5) is 4.39 Å². The summed E-state index contributed by atoms with van der Waals surface area (Å²) in [6, 6.07) is 3.91. The van der Waals surface area contributed by atoms with Crippen molar-refractivity contribution in [1.29, 1.82) is 0 Å². The third-order valence-corrected chi connectivity index (χ3v) is 2.09. The highest BCUT2D eigenvalue weighted by atomic mass is 19.1. The number of carbonyl (C=O) groups excluding carboxylic acids is 1. The number of benzene rings is 1. The molecule has 0 aliphatic carbocycles. The predicted octanol–water partition coefficient (Wildman–Crippen LogP) is 2.15. The number of carbonyl (C=O) groups is 1. The fourth-order valence-electron chi connectivity index (χ4n) is 1.44. The minimum atomic E-state index is -0.432. The van der Waals surface area contributed by atoms with Crippen molar-refractivity contribution in [1.82, 2.24) is 4.57 Å². The molecule has 2 aromatic rings. The van der Waals surface area contributed by atoms with Crippen molar-refractivity contribution >= 4 is 16.8 Å². The highest BCUT2D eigenvalue weighted by Gasteiger charge is 2.10. The average Bonchev–Trinajstić information content (AvgIpc) is 2.43. The van der Waals surface area contributed by atoms with Crippen LogP contribution in [-0.4, -0.2) is 15.6 Å². The van der Waals surface area contributed by atoms with Gasteiger partial charge in [-0.15, -0.1) is 0 Å². The SMILES string of the molecule is CC(=O)n1cc(O)c2ccc(F)cc21. The highest BCUT2D eigenvalue weighted by Crippen LogP contribution is 2.27. The Morgan fingerprint density at radius 1 is 1.50 bits per heavy atom. The Labute approximate surface area is 79.4 Å². The average molecular weight is 193 g/mol. The van der Waals surface area contributed by atoms with Crippen LogP contribution >= 0.6 is 0 Å². The minimum absolute atomic E-state index is 0.0183. The summed E-state index contributed by atoms with van der Waals surface area (Å²) >= 11 is 0. The van der Waals surface area contributed by atoms with E-state index in [1.54, 1.807) is 0 Å². The molecular weight excluding hydrogens is 185 g/mol. The van der Waals surface area contributed by atoms with Crippen LogP contribution in [0, 0.1) is 5.82 Å². The Bertz CT molecular complexity index is 516. The van der Waals surface area contributed by atoms with Gasteiger partial charge >= 0.3 is 0 Å². The van der Waals surface area contributed by atoms with Gasteiger partial charge in [0.15, 0.2) is 0 Å². The van der Waals surface area contributed by atoms with Crippen LogP contribution in [0.2, 0.25) is 0 Å². The molecule has 1 aromatic carbocycles. The molecule has 3 nitrogen and oxygen atoms in total. The number of nitrogens with zero attached hydrogens (tertiary/aromatic N) is 1. The molecule has 0 radical (unpaired) electrons. The van der Waals surface area contributed by atoms with E-state index in [9.17, 15) is 14.3 Å². The third kappa shape index (κ3) is 1.16. The van der Waals surface area contributed by atoms with Crippen LogP contribution in [0.1, 0.15) is 11.7 Å². The van der Waals surface area contributed by atoms with E-state index in [-0.39, 0.29) is 11.7 Å². The van der Waals surface area contributed by atoms with Crippen LogP contribution in [0.5, 0.6) is 5.75 Å². The quantitative estimate of drug-likeness (QED) is 0.696. The van der Waals surface area contributed by atoms with Crippen molar-refractivity contribution in [2.45, 2.75) is 6.92 Å². The molecule has 0 fully saturated rings. The lowest BCUT2D eigenvalue weighted by Gasteiger charge is -1.97. The molecule has 0 aliphatic rings. The first-order valence-corrected chi connectivity index (χ1v) is 4.10. The van der Waals surface area contributed by atoms with Crippen LogP contribution in [0.15, 0.2) is 24.4 Å². The highest BCUT2D eigenvalue weighted by molar-refractivity contribution is 5.95. The van der Waals surface area contributed by atoms with Gasteiger partial charge in [0.05, 0.1) is 11.7 Å². The first-order chi connectivity index (χ1) is 6.59. The molecule has 1 N–H and O–H groups in total. The molecular formula is C10H8FNO2. The molecule has 0 amide bonds. The summed E-state index contributed by atoms with van der Waals surface area (Å²) in [5.74, 6) is -0.714. The number of rotatable bonds is 0. The normalized spacial score (nSPS) is 10.7. The first kappa shape index (κ1) is 8.74. The van der Waals surface area contributed by atoms with Gasteiger partial charge in [-0.1, -0.05) is 0 Å². The molecule has 72 valence electrons. The maximum absolute atomic E-state index is 12.9. The second-order valence-corrected chi connectivity index (χ2v) is 3.06. The van der Waals surface area contributed by atoms with Crippen LogP contribution in [0.3, 0.4) is 0 Å². The van der Waals surface area contributed by atoms with E-state index in [0.717, 1.165) is 0 Å². The zero-order valence-corrected chi connectivity index (χ0v) is 7.49. The summed E-state index contributed by atoms with van der Waals surface area (Å²) in [6.07, 6.45) is 1.28. The first-order valence-electron chi connectivity index (χ1n) is 4.10. The van der Waals surface area contributed by atoms with E-state index in [4.69, 9.17) is 0 Å². The lowest BCUT2D eigenvalue weighted by molar-refractivity contribution is 0.0941. The fraction of sp³-hybridized carbons (Fsp3) is 0.100. The Morgan fingerprint density at radius 2 is 2.21 bits per heavy atom. The predicted molar refractivity (Wildman–Crippen MR) is 49.9 cm³/mol. The number of hydrogen-bond acceptors (Lipinski definition) is 2. The van der Waals surface area contributed by atoms with Crippen molar-refractivity contribution in [2.75, 3.05) is 0 Å². The van der Waals surface area contributed by atoms with Crippen molar-refractivity contribution in [2.24, 2.45) is 0 Å². The minimum Gasteiger partial charge on any atom is -0.506 e. The molecule has 1 heterocycles. The number of hydrogen-bond donors (Lipinski definition) is 1. The zero-order valence-electron chi connectivity index (χ0n) is 7.49. The molecule has 4 heteroatoms.